The number of pyridine rings is 1. The maximum absolute atomic E-state index is 9.18. The minimum absolute atomic E-state index is 0.208. The van der Waals surface area contributed by atoms with E-state index in [-0.39, 0.29) is 12.6 Å². The zero-order chi connectivity index (χ0) is 9.97. The lowest BCUT2D eigenvalue weighted by atomic mass is 10.2. The molecule has 0 spiro atoms. The summed E-state index contributed by atoms with van der Waals surface area (Å²) in [4.78, 5) is 6.13. The van der Waals surface area contributed by atoms with Gasteiger partial charge in [0.15, 0.2) is 0 Å². The lowest BCUT2D eigenvalue weighted by molar-refractivity contribution is 0.266. The van der Waals surface area contributed by atoms with Gasteiger partial charge in [-0.05, 0) is 25.0 Å². The van der Waals surface area contributed by atoms with E-state index in [0.29, 0.717) is 5.15 Å². The number of rotatable bonds is 2. The first-order valence-electron chi connectivity index (χ1n) is 4.80. The molecule has 1 aliphatic heterocycles. The van der Waals surface area contributed by atoms with Gasteiger partial charge in [-0.3, -0.25) is 0 Å². The highest BCUT2D eigenvalue weighted by molar-refractivity contribution is 6.29. The zero-order valence-electron chi connectivity index (χ0n) is 7.86. The monoisotopic (exact) mass is 212 g/mol. The molecule has 14 heavy (non-hydrogen) atoms. The van der Waals surface area contributed by atoms with Crippen molar-refractivity contribution in [3.8, 4) is 0 Å². The van der Waals surface area contributed by atoms with Gasteiger partial charge in [0.25, 0.3) is 0 Å². The third kappa shape index (κ3) is 1.83. The van der Waals surface area contributed by atoms with Crippen molar-refractivity contribution in [1.29, 1.82) is 0 Å². The summed E-state index contributed by atoms with van der Waals surface area (Å²) in [5.74, 6) is 0. The molecule has 0 amide bonds. The van der Waals surface area contributed by atoms with Gasteiger partial charge in [-0.25, -0.2) is 4.98 Å². The summed E-state index contributed by atoms with van der Waals surface area (Å²) in [6.07, 6.45) is 3.88. The van der Waals surface area contributed by atoms with Crippen LogP contribution in [0.2, 0.25) is 5.15 Å². The van der Waals surface area contributed by atoms with Gasteiger partial charge in [0.05, 0.1) is 12.6 Å². The highest BCUT2D eigenvalue weighted by Crippen LogP contribution is 2.26. The van der Waals surface area contributed by atoms with Crippen LogP contribution >= 0.6 is 11.6 Å². The van der Waals surface area contributed by atoms with E-state index in [9.17, 15) is 5.11 Å². The standard InChI is InChI=1S/C10H13ClN2O/c11-10-6-8(3-4-12-10)13-5-1-2-9(13)7-14/h3-4,6,9,14H,1-2,5,7H2/t9-/m0/s1. The number of halogens is 1. The van der Waals surface area contributed by atoms with Gasteiger partial charge in [0.2, 0.25) is 0 Å². The number of hydrogen-bond donors (Lipinski definition) is 1. The molecule has 2 rings (SSSR count). The molecule has 1 N–H and O–H groups in total. The second-order valence-electron chi connectivity index (χ2n) is 3.51. The summed E-state index contributed by atoms with van der Waals surface area (Å²) in [6, 6.07) is 4.02. The third-order valence-electron chi connectivity index (χ3n) is 2.63. The van der Waals surface area contributed by atoms with Gasteiger partial charge in [-0.2, -0.15) is 0 Å². The van der Waals surface area contributed by atoms with Gasteiger partial charge in [-0.15, -0.1) is 0 Å². The Morgan fingerprint density at radius 2 is 2.50 bits per heavy atom. The van der Waals surface area contributed by atoms with Crippen molar-refractivity contribution in [2.24, 2.45) is 0 Å². The summed E-state index contributed by atoms with van der Waals surface area (Å²) in [5, 5.41) is 9.68. The van der Waals surface area contributed by atoms with Crippen LogP contribution in [0.15, 0.2) is 18.3 Å². The van der Waals surface area contributed by atoms with Gasteiger partial charge in [0, 0.05) is 18.4 Å². The molecule has 0 radical (unpaired) electrons. The molecule has 1 aromatic heterocycles. The molecule has 0 saturated carbocycles. The molecule has 1 fully saturated rings. The number of aliphatic hydroxyl groups is 1. The highest BCUT2D eigenvalue weighted by Gasteiger charge is 2.23. The molecule has 1 atom stereocenters. The smallest absolute Gasteiger partial charge is 0.131 e. The first-order valence-corrected chi connectivity index (χ1v) is 5.18. The molecule has 0 bridgehead atoms. The van der Waals surface area contributed by atoms with E-state index in [4.69, 9.17) is 11.6 Å². The molecule has 2 heterocycles. The average molecular weight is 213 g/mol. The SMILES string of the molecule is OC[C@@H]1CCCN1c1ccnc(Cl)c1. The fourth-order valence-corrected chi connectivity index (χ4v) is 2.10. The Balaban J connectivity index is 2.21. The van der Waals surface area contributed by atoms with Crippen molar-refractivity contribution >= 4 is 17.3 Å². The lowest BCUT2D eigenvalue weighted by Gasteiger charge is -2.25. The quantitative estimate of drug-likeness (QED) is 0.759. The van der Waals surface area contributed by atoms with Crippen molar-refractivity contribution < 1.29 is 5.11 Å². The van der Waals surface area contributed by atoms with E-state index in [2.05, 4.69) is 9.88 Å². The zero-order valence-corrected chi connectivity index (χ0v) is 8.61. The Morgan fingerprint density at radius 3 is 3.21 bits per heavy atom. The van der Waals surface area contributed by atoms with Crippen LogP contribution < -0.4 is 4.90 Å². The molecule has 1 saturated heterocycles. The Labute approximate surface area is 88.3 Å². The van der Waals surface area contributed by atoms with Crippen LogP contribution in [0.5, 0.6) is 0 Å². The molecule has 76 valence electrons. The van der Waals surface area contributed by atoms with Crippen LogP contribution in [0.4, 0.5) is 5.69 Å². The molecule has 0 aromatic carbocycles. The van der Waals surface area contributed by atoms with Gasteiger partial charge < -0.3 is 10.0 Å². The second-order valence-corrected chi connectivity index (χ2v) is 3.90. The van der Waals surface area contributed by atoms with E-state index < -0.39 is 0 Å². The van der Waals surface area contributed by atoms with Crippen molar-refractivity contribution in [1.82, 2.24) is 4.98 Å². The maximum Gasteiger partial charge on any atom is 0.131 e. The first-order chi connectivity index (χ1) is 6.81. The molecule has 1 aliphatic rings. The highest BCUT2D eigenvalue weighted by atomic mass is 35.5. The fourth-order valence-electron chi connectivity index (χ4n) is 1.94. The van der Waals surface area contributed by atoms with E-state index in [0.717, 1.165) is 25.1 Å². The molecule has 0 unspecified atom stereocenters. The van der Waals surface area contributed by atoms with E-state index in [1.807, 2.05) is 12.1 Å². The second kappa shape index (κ2) is 4.15. The molecule has 1 aromatic rings. The van der Waals surface area contributed by atoms with E-state index >= 15 is 0 Å². The molecular weight excluding hydrogens is 200 g/mol. The van der Waals surface area contributed by atoms with Crippen molar-refractivity contribution in [3.05, 3.63) is 23.5 Å². The van der Waals surface area contributed by atoms with E-state index in [1.165, 1.54) is 0 Å². The number of hydrogen-bond acceptors (Lipinski definition) is 3. The third-order valence-corrected chi connectivity index (χ3v) is 2.84. The van der Waals surface area contributed by atoms with Crippen LogP contribution in [0.25, 0.3) is 0 Å². The van der Waals surface area contributed by atoms with Crippen LogP contribution in [0.3, 0.4) is 0 Å². The number of nitrogens with zero attached hydrogens (tertiary/aromatic N) is 2. The largest absolute Gasteiger partial charge is 0.394 e. The average Bonchev–Trinajstić information content (AvgIpc) is 2.65. The molecule has 4 heteroatoms. The summed E-state index contributed by atoms with van der Waals surface area (Å²) >= 11 is 5.81. The fraction of sp³-hybridized carbons (Fsp3) is 0.500. The number of aliphatic hydroxyl groups excluding tert-OH is 1. The normalized spacial score (nSPS) is 21.6. The van der Waals surface area contributed by atoms with Crippen molar-refractivity contribution in [3.63, 3.8) is 0 Å². The minimum Gasteiger partial charge on any atom is -0.394 e. The summed E-state index contributed by atoms with van der Waals surface area (Å²) in [6.45, 7) is 1.20. The van der Waals surface area contributed by atoms with Crippen LogP contribution in [0.1, 0.15) is 12.8 Å². The maximum atomic E-state index is 9.18. The van der Waals surface area contributed by atoms with Crippen LogP contribution in [-0.4, -0.2) is 29.3 Å². The summed E-state index contributed by atoms with van der Waals surface area (Å²) in [7, 11) is 0. The van der Waals surface area contributed by atoms with Crippen LogP contribution in [-0.2, 0) is 0 Å². The summed E-state index contributed by atoms with van der Waals surface area (Å²) < 4.78 is 0. The van der Waals surface area contributed by atoms with Gasteiger partial charge >= 0.3 is 0 Å². The Hall–Kier alpha value is -0.800. The molecule has 3 nitrogen and oxygen atoms in total. The topological polar surface area (TPSA) is 36.4 Å². The Bertz CT molecular complexity index is 319. The number of aromatic nitrogens is 1. The van der Waals surface area contributed by atoms with Crippen molar-refractivity contribution in [2.75, 3.05) is 18.1 Å². The molecular formula is C10H13ClN2O. The lowest BCUT2D eigenvalue weighted by Crippen LogP contribution is -2.31. The first kappa shape index (κ1) is 9.74. The Kier molecular flexibility index (Phi) is 2.89. The van der Waals surface area contributed by atoms with Gasteiger partial charge in [-0.1, -0.05) is 11.6 Å². The van der Waals surface area contributed by atoms with E-state index in [1.54, 1.807) is 6.20 Å². The molecule has 0 aliphatic carbocycles. The van der Waals surface area contributed by atoms with Crippen molar-refractivity contribution in [2.45, 2.75) is 18.9 Å². The Morgan fingerprint density at radius 1 is 1.64 bits per heavy atom. The predicted octanol–water partition coefficient (Wildman–Crippen LogP) is 1.70. The summed E-state index contributed by atoms with van der Waals surface area (Å²) in [5.41, 5.74) is 1.06. The van der Waals surface area contributed by atoms with Gasteiger partial charge in [0.1, 0.15) is 5.15 Å². The van der Waals surface area contributed by atoms with Crippen LogP contribution in [0, 0.1) is 0 Å². The number of anilines is 1. The minimum atomic E-state index is 0.208. The predicted molar refractivity (Wildman–Crippen MR) is 56.7 cm³/mol.